The van der Waals surface area contributed by atoms with Crippen LogP contribution in [-0.2, 0) is 21.8 Å². The van der Waals surface area contributed by atoms with Crippen molar-refractivity contribution >= 4 is 21.1 Å². The summed E-state index contributed by atoms with van der Waals surface area (Å²) in [5.74, 6) is 0.396. The number of benzene rings is 1. The van der Waals surface area contributed by atoms with Gasteiger partial charge in [0.15, 0.2) is 5.65 Å². The highest BCUT2D eigenvalue weighted by atomic mass is 32.2. The fourth-order valence-corrected chi connectivity index (χ4v) is 7.00. The Balaban J connectivity index is 1.34. The third-order valence-electron chi connectivity index (χ3n) is 7.70. The summed E-state index contributed by atoms with van der Waals surface area (Å²) in [7, 11) is -2.07. The van der Waals surface area contributed by atoms with Gasteiger partial charge in [-0.25, -0.2) is 4.98 Å². The summed E-state index contributed by atoms with van der Waals surface area (Å²) in [5, 5.41) is 9.60. The molecule has 37 heavy (non-hydrogen) atoms. The maximum absolute atomic E-state index is 13.5. The largest absolute Gasteiger partial charge is 0.380 e. The molecule has 1 saturated heterocycles. The van der Waals surface area contributed by atoms with Crippen LogP contribution < -0.4 is 0 Å². The zero-order valence-corrected chi connectivity index (χ0v) is 21.8. The van der Waals surface area contributed by atoms with Crippen LogP contribution in [0.2, 0.25) is 0 Å². The van der Waals surface area contributed by atoms with Crippen LogP contribution in [0.15, 0.2) is 59.9 Å². The molecule has 0 bridgehead atoms. The van der Waals surface area contributed by atoms with E-state index in [9.17, 15) is 8.42 Å². The number of nitrogens with zero attached hydrogens (tertiary/aromatic N) is 6. The summed E-state index contributed by atoms with van der Waals surface area (Å²) in [5.41, 5.74) is 2.83. The van der Waals surface area contributed by atoms with E-state index in [1.165, 1.54) is 0 Å². The Bertz CT molecular complexity index is 1480. The van der Waals surface area contributed by atoms with E-state index in [0.29, 0.717) is 23.3 Å². The van der Waals surface area contributed by atoms with Gasteiger partial charge in [0.05, 0.1) is 17.7 Å². The van der Waals surface area contributed by atoms with Crippen molar-refractivity contribution in [1.29, 1.82) is 0 Å². The molecule has 6 rings (SSSR count). The molecule has 1 aliphatic carbocycles. The van der Waals surface area contributed by atoms with Crippen LogP contribution in [0.4, 0.5) is 0 Å². The van der Waals surface area contributed by atoms with Crippen LogP contribution in [0.3, 0.4) is 0 Å². The van der Waals surface area contributed by atoms with Gasteiger partial charge in [0.25, 0.3) is 10.0 Å². The first-order valence-electron chi connectivity index (χ1n) is 13.0. The van der Waals surface area contributed by atoms with E-state index in [-0.39, 0.29) is 4.90 Å². The highest BCUT2D eigenvalue weighted by molar-refractivity contribution is 7.90. The molecule has 9 nitrogen and oxygen atoms in total. The molecule has 0 unspecified atom stereocenters. The monoisotopic (exact) mass is 520 g/mol. The van der Waals surface area contributed by atoms with Gasteiger partial charge in [-0.1, -0.05) is 18.2 Å². The van der Waals surface area contributed by atoms with Crippen molar-refractivity contribution in [3.8, 4) is 11.3 Å². The minimum Gasteiger partial charge on any atom is -0.380 e. The number of aromatic nitrogens is 5. The molecule has 0 radical (unpaired) electrons. The number of ether oxygens (including phenoxy) is 1. The zero-order valence-electron chi connectivity index (χ0n) is 21.0. The average Bonchev–Trinajstić information content (AvgIpc) is 3.42. The van der Waals surface area contributed by atoms with Crippen LogP contribution >= 0.6 is 0 Å². The van der Waals surface area contributed by atoms with Gasteiger partial charge in [-0.3, -0.25) is 9.58 Å². The molecule has 1 aliphatic heterocycles. The van der Waals surface area contributed by atoms with Crippen molar-refractivity contribution in [2.24, 2.45) is 7.05 Å². The second-order valence-corrected chi connectivity index (χ2v) is 11.8. The average molecular weight is 521 g/mol. The first kappa shape index (κ1) is 24.3. The zero-order chi connectivity index (χ0) is 25.4. The molecule has 1 saturated carbocycles. The maximum atomic E-state index is 13.5. The van der Waals surface area contributed by atoms with Crippen molar-refractivity contribution in [2.45, 2.75) is 49.0 Å². The Morgan fingerprint density at radius 3 is 2.57 bits per heavy atom. The molecule has 4 heterocycles. The molecule has 3 aromatic heterocycles. The van der Waals surface area contributed by atoms with E-state index < -0.39 is 10.0 Å². The molecule has 0 spiro atoms. The van der Waals surface area contributed by atoms with Crippen LogP contribution in [-0.4, -0.2) is 69.6 Å². The van der Waals surface area contributed by atoms with E-state index in [0.717, 1.165) is 79.0 Å². The smallest absolute Gasteiger partial charge is 0.284 e. The van der Waals surface area contributed by atoms with Gasteiger partial charge >= 0.3 is 0 Å². The lowest BCUT2D eigenvalue weighted by Gasteiger charge is -2.36. The molecule has 2 fully saturated rings. The van der Waals surface area contributed by atoms with Crippen molar-refractivity contribution in [2.75, 3.05) is 26.3 Å². The topological polar surface area (TPSA) is 95.1 Å². The molecule has 2 aliphatic rings. The highest BCUT2D eigenvalue weighted by Gasteiger charge is 2.29. The second-order valence-electron chi connectivity index (χ2n) is 10.1. The Kier molecular flexibility index (Phi) is 6.56. The van der Waals surface area contributed by atoms with E-state index in [2.05, 4.69) is 26.1 Å². The number of fused-ring (bicyclic) bond motifs is 1. The van der Waals surface area contributed by atoms with Crippen molar-refractivity contribution < 1.29 is 13.2 Å². The second kappa shape index (κ2) is 10.00. The third kappa shape index (κ3) is 4.69. The number of rotatable bonds is 5. The van der Waals surface area contributed by atoms with Crippen molar-refractivity contribution in [3.05, 3.63) is 60.6 Å². The molecular weight excluding hydrogens is 488 g/mol. The summed E-state index contributed by atoms with van der Waals surface area (Å²) in [6.45, 7) is 3.83. The minimum absolute atomic E-state index is 0.181. The summed E-state index contributed by atoms with van der Waals surface area (Å²) in [6, 6.07) is 11.1. The Morgan fingerprint density at radius 1 is 1.00 bits per heavy atom. The fourth-order valence-electron chi connectivity index (χ4n) is 5.74. The lowest BCUT2D eigenvalue weighted by Crippen LogP contribution is -2.39. The molecule has 0 amide bonds. The van der Waals surface area contributed by atoms with Gasteiger partial charge in [0, 0.05) is 56.1 Å². The molecule has 0 N–H and O–H groups in total. The Labute approximate surface area is 217 Å². The maximum Gasteiger partial charge on any atom is 0.284 e. The van der Waals surface area contributed by atoms with Crippen LogP contribution in [0, 0.1) is 0 Å². The molecule has 194 valence electrons. The lowest BCUT2D eigenvalue weighted by atomic mass is 9.81. The van der Waals surface area contributed by atoms with Gasteiger partial charge < -0.3 is 4.74 Å². The van der Waals surface area contributed by atoms with Crippen LogP contribution in [0.5, 0.6) is 0 Å². The lowest BCUT2D eigenvalue weighted by molar-refractivity contribution is 0.118. The van der Waals surface area contributed by atoms with Gasteiger partial charge in [-0.05, 0) is 61.8 Å². The first-order chi connectivity index (χ1) is 18.0. The molecule has 1 aromatic carbocycles. The van der Waals surface area contributed by atoms with Crippen LogP contribution in [0.1, 0.15) is 43.6 Å². The van der Waals surface area contributed by atoms with Gasteiger partial charge in [-0.2, -0.15) is 18.6 Å². The molecular formula is C27H32N6O3S. The number of aryl methyl sites for hydroxylation is 1. The van der Waals surface area contributed by atoms with Gasteiger partial charge in [-0.15, -0.1) is 4.09 Å². The van der Waals surface area contributed by atoms with E-state index in [1.54, 1.807) is 41.2 Å². The van der Waals surface area contributed by atoms with Crippen LogP contribution in [0.25, 0.3) is 22.3 Å². The highest BCUT2D eigenvalue weighted by Crippen LogP contribution is 2.37. The summed E-state index contributed by atoms with van der Waals surface area (Å²) >= 11 is 0. The minimum atomic E-state index is -3.91. The molecule has 4 aromatic rings. The van der Waals surface area contributed by atoms with E-state index in [4.69, 9.17) is 4.74 Å². The summed E-state index contributed by atoms with van der Waals surface area (Å²) in [6.07, 6.45) is 11.0. The van der Waals surface area contributed by atoms with Crippen molar-refractivity contribution in [3.63, 3.8) is 0 Å². The predicted molar refractivity (Wildman–Crippen MR) is 141 cm³/mol. The van der Waals surface area contributed by atoms with Crippen molar-refractivity contribution in [1.82, 2.24) is 28.9 Å². The number of hydrogen-bond acceptors (Lipinski definition) is 7. The summed E-state index contributed by atoms with van der Waals surface area (Å²) < 4.78 is 35.5. The number of pyridine rings is 1. The quantitative estimate of drug-likeness (QED) is 0.395. The standard InChI is InChI=1S/C27H32N6O3S/c1-31-19-22(18-29-31)26-25-16-21(20-8-10-23(11-9-20)32-12-5-14-36-15-13-32)17-28-27(25)33(30-26)37(34,35)24-6-3-2-4-7-24/h2-4,6-7,16-20,23H,5,8-15H2,1H3. The van der Waals surface area contributed by atoms with Gasteiger partial charge in [0.2, 0.25) is 0 Å². The summed E-state index contributed by atoms with van der Waals surface area (Å²) in [4.78, 5) is 7.47. The Hall–Kier alpha value is -3.08. The van der Waals surface area contributed by atoms with Gasteiger partial charge in [0.1, 0.15) is 5.69 Å². The normalized spacial score (nSPS) is 21.8. The van der Waals surface area contributed by atoms with E-state index >= 15 is 0 Å². The SMILES string of the molecule is Cn1cc(-c2nn(S(=O)(=O)c3ccccc3)c3ncc(C4CCC(N5CCCOCC5)CC4)cc23)cn1. The Morgan fingerprint density at radius 2 is 1.81 bits per heavy atom. The predicted octanol–water partition coefficient (Wildman–Crippen LogP) is 3.82. The fraction of sp³-hybridized carbons (Fsp3) is 0.444. The first-order valence-corrected chi connectivity index (χ1v) is 14.4. The molecule has 0 atom stereocenters. The number of hydrogen-bond donors (Lipinski definition) is 0. The van der Waals surface area contributed by atoms with E-state index in [1.807, 2.05) is 19.4 Å². The third-order valence-corrected chi connectivity index (χ3v) is 9.28. The molecule has 10 heteroatoms.